The van der Waals surface area contributed by atoms with E-state index in [9.17, 15) is 8.42 Å². The number of aryl methyl sites for hydroxylation is 1. The van der Waals surface area contributed by atoms with E-state index < -0.39 is 16.6 Å². The Bertz CT molecular complexity index is 510. The molecule has 19 heavy (non-hydrogen) atoms. The molecule has 0 amide bonds. The van der Waals surface area contributed by atoms with Gasteiger partial charge in [0.05, 0.1) is 12.3 Å². The van der Waals surface area contributed by atoms with Crippen LogP contribution in [-0.2, 0) is 16.6 Å². The number of hydrogen-bond donors (Lipinski definition) is 3. The first kappa shape index (κ1) is 16.1. The lowest BCUT2D eigenvalue weighted by Gasteiger charge is -2.20. The molecule has 1 aromatic rings. The van der Waals surface area contributed by atoms with Crippen molar-refractivity contribution in [1.82, 2.24) is 19.8 Å². The average Bonchev–Trinajstić information content (AvgIpc) is 2.70. The number of nitrogens with zero attached hydrogens (tertiary/aromatic N) is 2. The number of aromatic amines is 1. The van der Waals surface area contributed by atoms with Crippen molar-refractivity contribution in [2.75, 3.05) is 20.1 Å². The van der Waals surface area contributed by atoms with Gasteiger partial charge in [-0.1, -0.05) is 0 Å². The van der Waals surface area contributed by atoms with Gasteiger partial charge in [0.25, 0.3) is 0 Å². The predicted octanol–water partition coefficient (Wildman–Crippen LogP) is -0.171. The Labute approximate surface area is 114 Å². The summed E-state index contributed by atoms with van der Waals surface area (Å²) in [5.74, 6) is 0. The van der Waals surface area contributed by atoms with Crippen molar-refractivity contribution in [3.8, 4) is 0 Å². The fourth-order valence-electron chi connectivity index (χ4n) is 1.62. The van der Waals surface area contributed by atoms with Crippen LogP contribution >= 0.6 is 0 Å². The molecular weight excluding hydrogens is 268 g/mol. The summed E-state index contributed by atoms with van der Waals surface area (Å²) in [5, 5.41) is 15.4. The molecule has 0 bridgehead atoms. The van der Waals surface area contributed by atoms with Gasteiger partial charge in [-0.3, -0.25) is 5.10 Å². The molecule has 0 atom stereocenters. The van der Waals surface area contributed by atoms with Gasteiger partial charge in [-0.05, 0) is 27.8 Å². The van der Waals surface area contributed by atoms with Crippen LogP contribution in [0.2, 0.25) is 0 Å². The summed E-state index contributed by atoms with van der Waals surface area (Å²) < 4.78 is 26.8. The molecule has 0 unspecified atom stereocenters. The van der Waals surface area contributed by atoms with Crippen molar-refractivity contribution in [2.45, 2.75) is 38.3 Å². The summed E-state index contributed by atoms with van der Waals surface area (Å²) in [6.45, 7) is 6.21. The summed E-state index contributed by atoms with van der Waals surface area (Å²) in [7, 11) is -1.71. The lowest BCUT2D eigenvalue weighted by atomic mass is 10.3. The van der Waals surface area contributed by atoms with E-state index in [2.05, 4.69) is 14.9 Å². The Morgan fingerprint density at radius 2 is 2.11 bits per heavy atom. The highest BCUT2D eigenvalue weighted by Crippen LogP contribution is 2.17. The molecule has 8 heteroatoms. The molecule has 0 radical (unpaired) electrons. The number of aromatic nitrogens is 2. The first-order valence-corrected chi connectivity index (χ1v) is 7.62. The fraction of sp³-hybridized carbons (Fsp3) is 0.727. The van der Waals surface area contributed by atoms with Crippen LogP contribution in [0.15, 0.2) is 4.90 Å². The first-order chi connectivity index (χ1) is 8.79. The Balaban J connectivity index is 2.74. The third-order valence-electron chi connectivity index (χ3n) is 3.02. The number of aliphatic hydroxyl groups excluding tert-OH is 1. The molecule has 3 N–H and O–H groups in total. The number of aliphatic hydroxyl groups is 1. The molecule has 1 aromatic heterocycles. The van der Waals surface area contributed by atoms with E-state index in [-0.39, 0.29) is 10.6 Å². The van der Waals surface area contributed by atoms with Gasteiger partial charge < -0.3 is 10.0 Å². The Kier molecular flexibility index (Phi) is 5.48. The molecule has 7 nitrogen and oxygen atoms in total. The van der Waals surface area contributed by atoms with E-state index in [1.807, 2.05) is 25.8 Å². The van der Waals surface area contributed by atoms with Crippen molar-refractivity contribution in [1.29, 1.82) is 0 Å². The first-order valence-electron chi connectivity index (χ1n) is 6.14. The topological polar surface area (TPSA) is 98.3 Å². The summed E-state index contributed by atoms with van der Waals surface area (Å²) in [4.78, 5) is 2.08. The van der Waals surface area contributed by atoms with Gasteiger partial charge in [0, 0.05) is 19.1 Å². The third kappa shape index (κ3) is 4.00. The van der Waals surface area contributed by atoms with Crippen molar-refractivity contribution in [2.24, 2.45) is 0 Å². The molecule has 1 heterocycles. The van der Waals surface area contributed by atoms with Crippen LogP contribution in [0.25, 0.3) is 0 Å². The van der Waals surface area contributed by atoms with Crippen LogP contribution in [0, 0.1) is 6.92 Å². The smallest absolute Gasteiger partial charge is 0.244 e. The highest BCUT2D eigenvalue weighted by atomic mass is 32.2. The van der Waals surface area contributed by atoms with Gasteiger partial charge in [0.1, 0.15) is 10.6 Å². The van der Waals surface area contributed by atoms with Gasteiger partial charge in [-0.2, -0.15) is 5.10 Å². The molecule has 0 aliphatic carbocycles. The van der Waals surface area contributed by atoms with Crippen LogP contribution in [-0.4, -0.2) is 54.8 Å². The van der Waals surface area contributed by atoms with Crippen molar-refractivity contribution in [3.63, 3.8) is 0 Å². The standard InChI is InChI=1S/C11H22N4O3S/c1-8(2)15(4)6-5-12-19(17,18)11-9(3)13-14-10(11)7-16/h8,12,16H,5-7H2,1-4H3,(H,13,14). The second-order valence-corrected chi connectivity index (χ2v) is 6.46. The van der Waals surface area contributed by atoms with Gasteiger partial charge in [-0.15, -0.1) is 0 Å². The van der Waals surface area contributed by atoms with E-state index >= 15 is 0 Å². The van der Waals surface area contributed by atoms with Crippen LogP contribution in [0.5, 0.6) is 0 Å². The molecule has 0 spiro atoms. The van der Waals surface area contributed by atoms with Crippen molar-refractivity contribution >= 4 is 10.0 Å². The number of H-pyrrole nitrogens is 1. The maximum atomic E-state index is 12.1. The molecular formula is C11H22N4O3S. The number of likely N-dealkylation sites (N-methyl/N-ethyl adjacent to an activating group) is 1. The molecule has 1 rings (SSSR count). The minimum atomic E-state index is -3.64. The van der Waals surface area contributed by atoms with E-state index in [1.54, 1.807) is 6.92 Å². The summed E-state index contributed by atoms with van der Waals surface area (Å²) in [6, 6.07) is 0.355. The Hall–Kier alpha value is -0.960. The minimum Gasteiger partial charge on any atom is -0.390 e. The van der Waals surface area contributed by atoms with Gasteiger partial charge in [0.2, 0.25) is 10.0 Å². The van der Waals surface area contributed by atoms with Gasteiger partial charge >= 0.3 is 0 Å². The van der Waals surface area contributed by atoms with E-state index in [0.717, 1.165) is 0 Å². The number of sulfonamides is 1. The zero-order chi connectivity index (χ0) is 14.6. The molecule has 0 aromatic carbocycles. The molecule has 0 saturated heterocycles. The lowest BCUT2D eigenvalue weighted by Crippen LogP contribution is -2.36. The second kappa shape index (κ2) is 6.47. The van der Waals surface area contributed by atoms with Crippen molar-refractivity contribution in [3.05, 3.63) is 11.4 Å². The third-order valence-corrected chi connectivity index (χ3v) is 4.68. The maximum Gasteiger partial charge on any atom is 0.244 e. The van der Waals surface area contributed by atoms with Crippen LogP contribution in [0.1, 0.15) is 25.2 Å². The number of hydrogen-bond acceptors (Lipinski definition) is 5. The van der Waals surface area contributed by atoms with Crippen LogP contribution < -0.4 is 4.72 Å². The van der Waals surface area contributed by atoms with Gasteiger partial charge in [0.15, 0.2) is 0 Å². The summed E-state index contributed by atoms with van der Waals surface area (Å²) in [5.41, 5.74) is 0.566. The molecule has 0 fully saturated rings. The van der Waals surface area contributed by atoms with E-state index in [0.29, 0.717) is 24.8 Å². The summed E-state index contributed by atoms with van der Waals surface area (Å²) in [6.07, 6.45) is 0. The lowest BCUT2D eigenvalue weighted by molar-refractivity contribution is 0.273. The quantitative estimate of drug-likeness (QED) is 0.647. The average molecular weight is 290 g/mol. The summed E-state index contributed by atoms with van der Waals surface area (Å²) >= 11 is 0. The largest absolute Gasteiger partial charge is 0.390 e. The molecule has 0 saturated carbocycles. The minimum absolute atomic E-state index is 0.0437. The molecule has 0 aliphatic heterocycles. The second-order valence-electron chi connectivity index (χ2n) is 4.75. The van der Waals surface area contributed by atoms with E-state index in [4.69, 9.17) is 5.11 Å². The van der Waals surface area contributed by atoms with E-state index in [1.165, 1.54) is 0 Å². The molecule has 110 valence electrons. The number of nitrogens with one attached hydrogen (secondary N) is 2. The fourth-order valence-corrected chi connectivity index (χ4v) is 2.99. The predicted molar refractivity (Wildman–Crippen MR) is 72.2 cm³/mol. The molecule has 0 aliphatic rings. The van der Waals surface area contributed by atoms with Crippen molar-refractivity contribution < 1.29 is 13.5 Å². The monoisotopic (exact) mass is 290 g/mol. The zero-order valence-corrected chi connectivity index (χ0v) is 12.6. The SMILES string of the molecule is Cc1[nH]nc(CO)c1S(=O)(=O)NCCN(C)C(C)C. The van der Waals surface area contributed by atoms with Crippen LogP contribution in [0.3, 0.4) is 0 Å². The normalized spacial score (nSPS) is 12.6. The Morgan fingerprint density at radius 1 is 1.47 bits per heavy atom. The highest BCUT2D eigenvalue weighted by Gasteiger charge is 2.23. The Morgan fingerprint density at radius 3 is 2.63 bits per heavy atom. The maximum absolute atomic E-state index is 12.1. The zero-order valence-electron chi connectivity index (χ0n) is 11.8. The van der Waals surface area contributed by atoms with Gasteiger partial charge in [-0.25, -0.2) is 13.1 Å². The number of rotatable bonds is 7. The highest BCUT2D eigenvalue weighted by molar-refractivity contribution is 7.89. The van der Waals surface area contributed by atoms with Crippen LogP contribution in [0.4, 0.5) is 0 Å².